The summed E-state index contributed by atoms with van der Waals surface area (Å²) in [6.45, 7) is 2.00. The van der Waals surface area contributed by atoms with Gasteiger partial charge in [0, 0.05) is 23.6 Å². The second-order valence-electron chi connectivity index (χ2n) is 6.53. The molecule has 0 aliphatic carbocycles. The van der Waals surface area contributed by atoms with Crippen molar-refractivity contribution in [3.63, 3.8) is 0 Å². The SMILES string of the molecule is C[C@@H](Nc1ncnc2ccc([N+](=O)[O-])cc12)c1ccc(Oc2ccccc2)cc1. The number of nitro groups is 1. The maximum atomic E-state index is 11.1. The Morgan fingerprint density at radius 1 is 0.966 bits per heavy atom. The van der Waals surface area contributed by atoms with E-state index in [0.717, 1.165) is 17.1 Å². The smallest absolute Gasteiger partial charge is 0.270 e. The number of fused-ring (bicyclic) bond motifs is 1. The predicted molar refractivity (Wildman–Crippen MR) is 111 cm³/mol. The van der Waals surface area contributed by atoms with E-state index in [1.165, 1.54) is 18.5 Å². The fraction of sp³-hybridized carbons (Fsp3) is 0.0909. The van der Waals surface area contributed by atoms with E-state index in [-0.39, 0.29) is 11.7 Å². The Hall–Kier alpha value is -4.00. The van der Waals surface area contributed by atoms with Crippen molar-refractivity contribution in [3.05, 3.63) is 94.8 Å². The molecule has 3 aromatic carbocycles. The molecule has 4 aromatic rings. The van der Waals surface area contributed by atoms with E-state index < -0.39 is 4.92 Å². The summed E-state index contributed by atoms with van der Waals surface area (Å²) in [5.41, 5.74) is 1.68. The highest BCUT2D eigenvalue weighted by molar-refractivity contribution is 5.90. The van der Waals surface area contributed by atoms with Crippen LogP contribution in [0.1, 0.15) is 18.5 Å². The third-order valence-electron chi connectivity index (χ3n) is 4.54. The van der Waals surface area contributed by atoms with E-state index in [1.54, 1.807) is 6.07 Å². The molecule has 7 nitrogen and oxygen atoms in total. The quantitative estimate of drug-likeness (QED) is 0.347. The topological polar surface area (TPSA) is 90.2 Å². The maximum Gasteiger partial charge on any atom is 0.270 e. The van der Waals surface area contributed by atoms with Crippen LogP contribution in [0.3, 0.4) is 0 Å². The number of nitro benzene ring substituents is 1. The fourth-order valence-corrected chi connectivity index (χ4v) is 3.01. The van der Waals surface area contributed by atoms with Crippen molar-refractivity contribution in [1.29, 1.82) is 0 Å². The van der Waals surface area contributed by atoms with Gasteiger partial charge in [0.05, 0.1) is 10.4 Å². The number of hydrogen-bond donors (Lipinski definition) is 1. The minimum Gasteiger partial charge on any atom is -0.457 e. The van der Waals surface area contributed by atoms with Gasteiger partial charge in [-0.3, -0.25) is 10.1 Å². The molecule has 0 amide bonds. The molecule has 0 saturated heterocycles. The highest BCUT2D eigenvalue weighted by atomic mass is 16.6. The number of non-ortho nitro benzene ring substituents is 1. The number of hydrogen-bond acceptors (Lipinski definition) is 6. The van der Waals surface area contributed by atoms with Gasteiger partial charge in [-0.1, -0.05) is 30.3 Å². The Bertz CT molecular complexity index is 1150. The highest BCUT2D eigenvalue weighted by Gasteiger charge is 2.13. The van der Waals surface area contributed by atoms with Crippen LogP contribution in [0, 0.1) is 10.1 Å². The number of benzene rings is 3. The van der Waals surface area contributed by atoms with Crippen LogP contribution in [0.25, 0.3) is 10.9 Å². The van der Waals surface area contributed by atoms with Crippen molar-refractivity contribution in [1.82, 2.24) is 9.97 Å². The zero-order valence-electron chi connectivity index (χ0n) is 15.6. The number of rotatable bonds is 6. The molecular formula is C22H18N4O3. The van der Waals surface area contributed by atoms with Gasteiger partial charge in [0.15, 0.2) is 0 Å². The second kappa shape index (κ2) is 7.93. The van der Waals surface area contributed by atoms with Gasteiger partial charge in [0.2, 0.25) is 0 Å². The van der Waals surface area contributed by atoms with Gasteiger partial charge in [0.1, 0.15) is 23.6 Å². The van der Waals surface area contributed by atoms with Crippen molar-refractivity contribution in [3.8, 4) is 11.5 Å². The van der Waals surface area contributed by atoms with Crippen LogP contribution in [-0.4, -0.2) is 14.9 Å². The Morgan fingerprint density at radius 2 is 1.69 bits per heavy atom. The molecule has 1 atom stereocenters. The molecule has 0 spiro atoms. The summed E-state index contributed by atoms with van der Waals surface area (Å²) in [7, 11) is 0. The average molecular weight is 386 g/mol. The number of anilines is 1. The molecule has 0 fully saturated rings. The molecule has 0 aliphatic heterocycles. The largest absolute Gasteiger partial charge is 0.457 e. The molecule has 0 bridgehead atoms. The summed E-state index contributed by atoms with van der Waals surface area (Å²) >= 11 is 0. The summed E-state index contributed by atoms with van der Waals surface area (Å²) in [5.74, 6) is 2.08. The van der Waals surface area contributed by atoms with E-state index in [9.17, 15) is 10.1 Å². The van der Waals surface area contributed by atoms with Gasteiger partial charge < -0.3 is 10.1 Å². The molecule has 1 N–H and O–H groups in total. The maximum absolute atomic E-state index is 11.1. The first kappa shape index (κ1) is 18.4. The van der Waals surface area contributed by atoms with Crippen LogP contribution in [-0.2, 0) is 0 Å². The summed E-state index contributed by atoms with van der Waals surface area (Å²) in [5, 5.41) is 15.0. The van der Waals surface area contributed by atoms with E-state index >= 15 is 0 Å². The van der Waals surface area contributed by atoms with Gasteiger partial charge in [-0.25, -0.2) is 9.97 Å². The van der Waals surface area contributed by atoms with Gasteiger partial charge in [-0.15, -0.1) is 0 Å². The molecular weight excluding hydrogens is 368 g/mol. The third-order valence-corrected chi connectivity index (χ3v) is 4.54. The molecule has 1 aromatic heterocycles. The number of nitrogens with zero attached hydrogens (tertiary/aromatic N) is 3. The van der Waals surface area contributed by atoms with Crippen LogP contribution >= 0.6 is 0 Å². The van der Waals surface area contributed by atoms with Crippen molar-refractivity contribution < 1.29 is 9.66 Å². The zero-order chi connectivity index (χ0) is 20.2. The summed E-state index contributed by atoms with van der Waals surface area (Å²) < 4.78 is 5.82. The minimum absolute atomic E-state index is 0.00502. The highest BCUT2D eigenvalue weighted by Crippen LogP contribution is 2.28. The van der Waals surface area contributed by atoms with Crippen molar-refractivity contribution in [2.75, 3.05) is 5.32 Å². The lowest BCUT2D eigenvalue weighted by atomic mass is 10.1. The van der Waals surface area contributed by atoms with E-state index in [1.807, 2.05) is 61.5 Å². The normalized spacial score (nSPS) is 11.8. The van der Waals surface area contributed by atoms with Crippen molar-refractivity contribution in [2.24, 2.45) is 0 Å². The number of nitrogens with one attached hydrogen (secondary N) is 1. The predicted octanol–water partition coefficient (Wildman–Crippen LogP) is 5.50. The summed E-state index contributed by atoms with van der Waals surface area (Å²) in [4.78, 5) is 19.1. The Labute approximate surface area is 167 Å². The lowest BCUT2D eigenvalue weighted by Crippen LogP contribution is -2.08. The summed E-state index contributed by atoms with van der Waals surface area (Å²) in [6, 6.07) is 21.8. The first-order valence-electron chi connectivity index (χ1n) is 9.09. The number of aromatic nitrogens is 2. The first-order chi connectivity index (χ1) is 14.1. The van der Waals surface area contributed by atoms with Gasteiger partial charge in [0.25, 0.3) is 5.69 Å². The van der Waals surface area contributed by atoms with Gasteiger partial charge in [-0.2, -0.15) is 0 Å². The molecule has 7 heteroatoms. The molecule has 29 heavy (non-hydrogen) atoms. The van der Waals surface area contributed by atoms with Crippen LogP contribution in [0.5, 0.6) is 11.5 Å². The minimum atomic E-state index is -0.425. The average Bonchev–Trinajstić information content (AvgIpc) is 2.75. The molecule has 0 aliphatic rings. The van der Waals surface area contributed by atoms with Crippen molar-refractivity contribution in [2.45, 2.75) is 13.0 Å². The molecule has 0 unspecified atom stereocenters. The van der Waals surface area contributed by atoms with E-state index in [4.69, 9.17) is 4.74 Å². The molecule has 144 valence electrons. The standard InChI is InChI=1S/C22H18N4O3/c1-15(16-7-10-19(11-8-16)29-18-5-3-2-4-6-18)25-22-20-13-17(26(27)28)9-12-21(20)23-14-24-22/h2-15H,1H3,(H,23,24,25)/t15-/m1/s1. The zero-order valence-corrected chi connectivity index (χ0v) is 15.6. The monoisotopic (exact) mass is 386 g/mol. The van der Waals surface area contributed by atoms with Crippen LogP contribution in [0.15, 0.2) is 79.1 Å². The summed E-state index contributed by atoms with van der Waals surface area (Å²) in [6.07, 6.45) is 1.44. The molecule has 1 heterocycles. The lowest BCUT2D eigenvalue weighted by molar-refractivity contribution is -0.384. The first-order valence-corrected chi connectivity index (χ1v) is 9.09. The number of ether oxygens (including phenoxy) is 1. The van der Waals surface area contributed by atoms with Crippen LogP contribution in [0.2, 0.25) is 0 Å². The second-order valence-corrected chi connectivity index (χ2v) is 6.53. The van der Waals surface area contributed by atoms with Gasteiger partial charge in [-0.05, 0) is 42.8 Å². The molecule has 0 radical (unpaired) electrons. The Balaban J connectivity index is 1.54. The van der Waals surface area contributed by atoms with Crippen LogP contribution < -0.4 is 10.1 Å². The van der Waals surface area contributed by atoms with Gasteiger partial charge >= 0.3 is 0 Å². The molecule has 0 saturated carbocycles. The molecule has 4 rings (SSSR count). The number of para-hydroxylation sites is 1. The van der Waals surface area contributed by atoms with Crippen molar-refractivity contribution >= 4 is 22.4 Å². The van der Waals surface area contributed by atoms with Crippen LogP contribution in [0.4, 0.5) is 11.5 Å². The van der Waals surface area contributed by atoms with E-state index in [2.05, 4.69) is 15.3 Å². The Morgan fingerprint density at radius 3 is 2.41 bits per heavy atom. The lowest BCUT2D eigenvalue weighted by Gasteiger charge is -2.16. The third kappa shape index (κ3) is 4.14. The van der Waals surface area contributed by atoms with E-state index in [0.29, 0.717) is 16.7 Å². The Kier molecular flexibility index (Phi) is 5.03. The fourth-order valence-electron chi connectivity index (χ4n) is 3.01.